The standard InChI is InChI=1S/C28H34N2O4/c1-32-23-9-7-21(8-10-23)26-20-34-27-19-24(11-12-25(27)28(26)31)33-18-17-29-13-15-30(16-14-29)22-5-3-2-4-6-22/h2-10,20,24-25,27H,11-19H2,1H3. The number of hydrogen-bond donors (Lipinski definition) is 0. The van der Waals surface area contributed by atoms with Crippen molar-refractivity contribution in [3.8, 4) is 5.75 Å². The molecule has 2 aromatic carbocycles. The number of Topliss-reactive ketones (excluding diaryl/α,β-unsaturated/α-hetero) is 1. The van der Waals surface area contributed by atoms with Crippen molar-refractivity contribution in [2.24, 2.45) is 5.92 Å². The molecular formula is C28H34N2O4. The molecule has 3 unspecified atom stereocenters. The number of nitrogens with zero attached hydrogens (tertiary/aromatic N) is 2. The molecule has 0 N–H and O–H groups in total. The van der Waals surface area contributed by atoms with Crippen LogP contribution in [0.4, 0.5) is 5.69 Å². The van der Waals surface area contributed by atoms with E-state index in [1.807, 2.05) is 24.3 Å². The maximum absolute atomic E-state index is 13.1. The Morgan fingerprint density at radius 2 is 1.74 bits per heavy atom. The lowest BCUT2D eigenvalue weighted by Crippen LogP contribution is -2.47. The van der Waals surface area contributed by atoms with Gasteiger partial charge in [0.15, 0.2) is 5.78 Å². The van der Waals surface area contributed by atoms with Crippen molar-refractivity contribution in [1.82, 2.24) is 4.90 Å². The zero-order valence-electron chi connectivity index (χ0n) is 19.9. The van der Waals surface area contributed by atoms with E-state index in [1.165, 1.54) is 5.69 Å². The number of anilines is 1. The first-order chi connectivity index (χ1) is 16.7. The Balaban J connectivity index is 1.07. The summed E-state index contributed by atoms with van der Waals surface area (Å²) < 4.78 is 17.5. The van der Waals surface area contributed by atoms with Crippen molar-refractivity contribution in [3.05, 3.63) is 66.4 Å². The maximum atomic E-state index is 13.1. The quantitative estimate of drug-likeness (QED) is 0.620. The van der Waals surface area contributed by atoms with Gasteiger partial charge in [0.2, 0.25) is 0 Å². The third-order valence-electron chi connectivity index (χ3n) is 7.36. The van der Waals surface area contributed by atoms with Crippen molar-refractivity contribution in [2.45, 2.75) is 31.5 Å². The van der Waals surface area contributed by atoms with Crippen LogP contribution in [0.5, 0.6) is 5.75 Å². The van der Waals surface area contributed by atoms with E-state index >= 15 is 0 Å². The Bertz CT molecular complexity index is 983. The van der Waals surface area contributed by atoms with Gasteiger partial charge in [0.1, 0.15) is 11.9 Å². The fraction of sp³-hybridized carbons (Fsp3) is 0.464. The molecule has 6 nitrogen and oxygen atoms in total. The zero-order chi connectivity index (χ0) is 23.3. The van der Waals surface area contributed by atoms with Gasteiger partial charge in [-0.05, 0) is 42.7 Å². The molecule has 0 amide bonds. The minimum Gasteiger partial charge on any atom is -0.497 e. The van der Waals surface area contributed by atoms with Gasteiger partial charge >= 0.3 is 0 Å². The van der Waals surface area contributed by atoms with Crippen LogP contribution in [0.3, 0.4) is 0 Å². The Labute approximate surface area is 202 Å². The number of carbonyl (C=O) groups is 1. The molecule has 0 radical (unpaired) electrons. The average molecular weight is 463 g/mol. The largest absolute Gasteiger partial charge is 0.497 e. The van der Waals surface area contributed by atoms with Gasteiger partial charge in [-0.25, -0.2) is 0 Å². The molecule has 1 saturated carbocycles. The van der Waals surface area contributed by atoms with Gasteiger partial charge in [-0.1, -0.05) is 30.3 Å². The van der Waals surface area contributed by atoms with Gasteiger partial charge < -0.3 is 19.1 Å². The van der Waals surface area contributed by atoms with Crippen molar-refractivity contribution in [2.75, 3.05) is 51.3 Å². The molecule has 2 aromatic rings. The predicted molar refractivity (Wildman–Crippen MR) is 133 cm³/mol. The molecule has 2 heterocycles. The lowest BCUT2D eigenvalue weighted by Gasteiger charge is -2.38. The number of allylic oxidation sites excluding steroid dienone is 1. The Kier molecular flexibility index (Phi) is 7.16. The molecule has 5 rings (SSSR count). The van der Waals surface area contributed by atoms with E-state index < -0.39 is 0 Å². The first-order valence-corrected chi connectivity index (χ1v) is 12.4. The van der Waals surface area contributed by atoms with Crippen molar-refractivity contribution >= 4 is 17.0 Å². The summed E-state index contributed by atoms with van der Waals surface area (Å²) in [5.74, 6) is 0.895. The van der Waals surface area contributed by atoms with Crippen LogP contribution in [0, 0.1) is 5.92 Å². The summed E-state index contributed by atoms with van der Waals surface area (Å²) in [5, 5.41) is 0. The number of para-hydroxylation sites is 1. The summed E-state index contributed by atoms with van der Waals surface area (Å²) in [6.45, 7) is 5.91. The molecule has 3 aliphatic rings. The molecule has 3 atom stereocenters. The van der Waals surface area contributed by atoms with Gasteiger partial charge in [-0.2, -0.15) is 0 Å². The predicted octanol–water partition coefficient (Wildman–Crippen LogP) is 4.01. The van der Waals surface area contributed by atoms with E-state index in [0.29, 0.717) is 5.57 Å². The summed E-state index contributed by atoms with van der Waals surface area (Å²) in [7, 11) is 1.64. The molecule has 180 valence electrons. The molecular weight excluding hydrogens is 428 g/mol. The average Bonchev–Trinajstić information content (AvgIpc) is 2.90. The summed E-state index contributed by atoms with van der Waals surface area (Å²) in [6.07, 6.45) is 4.24. The van der Waals surface area contributed by atoms with Crippen molar-refractivity contribution < 1.29 is 19.0 Å². The number of piperazine rings is 1. The number of benzene rings is 2. The van der Waals surface area contributed by atoms with E-state index in [-0.39, 0.29) is 23.9 Å². The fourth-order valence-corrected chi connectivity index (χ4v) is 5.31. The Hall–Kier alpha value is -2.83. The Morgan fingerprint density at radius 1 is 0.971 bits per heavy atom. The summed E-state index contributed by atoms with van der Waals surface area (Å²) in [4.78, 5) is 18.1. The van der Waals surface area contributed by atoms with Crippen molar-refractivity contribution in [3.63, 3.8) is 0 Å². The molecule has 34 heavy (non-hydrogen) atoms. The topological polar surface area (TPSA) is 51.2 Å². The molecule has 6 heteroatoms. The second-order valence-electron chi connectivity index (χ2n) is 9.38. The molecule has 0 aromatic heterocycles. The second kappa shape index (κ2) is 10.6. The minimum atomic E-state index is -0.0809. The number of carbonyl (C=O) groups excluding carboxylic acids is 1. The van der Waals surface area contributed by atoms with Gasteiger partial charge in [0.25, 0.3) is 0 Å². The van der Waals surface area contributed by atoms with Crippen LogP contribution >= 0.6 is 0 Å². The normalized spacial score (nSPS) is 25.3. The van der Waals surface area contributed by atoms with Crippen LogP contribution < -0.4 is 9.64 Å². The third-order valence-corrected chi connectivity index (χ3v) is 7.36. The molecule has 0 bridgehead atoms. The zero-order valence-corrected chi connectivity index (χ0v) is 19.9. The lowest BCUT2D eigenvalue weighted by atomic mass is 9.78. The van der Waals surface area contributed by atoms with Crippen molar-refractivity contribution in [1.29, 1.82) is 0 Å². The van der Waals surface area contributed by atoms with E-state index in [9.17, 15) is 4.79 Å². The number of ketones is 1. The smallest absolute Gasteiger partial charge is 0.173 e. The number of methoxy groups -OCH3 is 1. The number of rotatable bonds is 7. The van der Waals surface area contributed by atoms with Crippen LogP contribution in [0.25, 0.3) is 5.57 Å². The maximum Gasteiger partial charge on any atom is 0.173 e. The minimum absolute atomic E-state index is 0.0759. The van der Waals surface area contributed by atoms with Gasteiger partial charge in [-0.15, -0.1) is 0 Å². The molecule has 2 aliphatic heterocycles. The summed E-state index contributed by atoms with van der Waals surface area (Å²) in [5.41, 5.74) is 2.86. The van der Waals surface area contributed by atoms with E-state index in [4.69, 9.17) is 14.2 Å². The first-order valence-electron chi connectivity index (χ1n) is 12.4. The first kappa shape index (κ1) is 22.9. The highest BCUT2D eigenvalue weighted by molar-refractivity contribution is 6.22. The number of hydrogen-bond acceptors (Lipinski definition) is 6. The van der Waals surface area contributed by atoms with Gasteiger partial charge in [-0.3, -0.25) is 9.69 Å². The van der Waals surface area contributed by atoms with Gasteiger partial charge in [0.05, 0.1) is 37.6 Å². The molecule has 1 saturated heterocycles. The van der Waals surface area contributed by atoms with E-state index in [1.54, 1.807) is 13.4 Å². The summed E-state index contributed by atoms with van der Waals surface area (Å²) >= 11 is 0. The Morgan fingerprint density at radius 3 is 2.47 bits per heavy atom. The van der Waals surface area contributed by atoms with Crippen LogP contribution in [0.1, 0.15) is 24.8 Å². The van der Waals surface area contributed by atoms with E-state index in [2.05, 4.69) is 40.1 Å². The molecule has 0 spiro atoms. The van der Waals surface area contributed by atoms with Gasteiger partial charge in [0, 0.05) is 44.8 Å². The SMILES string of the molecule is COc1ccc(C2=COC3CC(OCCN4CCN(c5ccccc5)CC4)CCC3C2=O)cc1. The monoisotopic (exact) mass is 462 g/mol. The second-order valence-corrected chi connectivity index (χ2v) is 9.38. The van der Waals surface area contributed by atoms with Crippen LogP contribution in [0.15, 0.2) is 60.9 Å². The summed E-state index contributed by atoms with van der Waals surface area (Å²) in [6, 6.07) is 18.2. The third kappa shape index (κ3) is 5.13. The fourth-order valence-electron chi connectivity index (χ4n) is 5.31. The van der Waals surface area contributed by atoms with E-state index in [0.717, 1.165) is 69.9 Å². The number of ether oxygens (including phenoxy) is 3. The lowest BCUT2D eigenvalue weighted by molar-refractivity contribution is -0.128. The number of fused-ring (bicyclic) bond motifs is 1. The highest BCUT2D eigenvalue weighted by atomic mass is 16.5. The molecule has 2 fully saturated rings. The van der Waals surface area contributed by atoms with Crippen LogP contribution in [0.2, 0.25) is 0 Å². The highest BCUT2D eigenvalue weighted by Crippen LogP contribution is 2.37. The van der Waals surface area contributed by atoms with Crippen LogP contribution in [-0.2, 0) is 14.3 Å². The highest BCUT2D eigenvalue weighted by Gasteiger charge is 2.40. The van der Waals surface area contributed by atoms with Crippen LogP contribution in [-0.4, -0.2) is 69.3 Å². The molecule has 1 aliphatic carbocycles.